The van der Waals surface area contributed by atoms with Gasteiger partial charge in [-0.15, -0.1) is 0 Å². The Labute approximate surface area is 142 Å². The molecule has 0 radical (unpaired) electrons. The van der Waals surface area contributed by atoms with Crippen molar-refractivity contribution in [3.8, 4) is 0 Å². The zero-order chi connectivity index (χ0) is 17.6. The van der Waals surface area contributed by atoms with E-state index in [1.54, 1.807) is 12.1 Å². The summed E-state index contributed by atoms with van der Waals surface area (Å²) in [6, 6.07) is 5.78. The van der Waals surface area contributed by atoms with Gasteiger partial charge in [0.15, 0.2) is 0 Å². The van der Waals surface area contributed by atoms with Gasteiger partial charge in [-0.1, -0.05) is 19.1 Å². The minimum Gasteiger partial charge on any atom is -0.379 e. The molecule has 1 atom stereocenters. The fraction of sp³-hybridized carbons (Fsp3) is 0.562. The van der Waals surface area contributed by atoms with Gasteiger partial charge in [0.1, 0.15) is 5.82 Å². The summed E-state index contributed by atoms with van der Waals surface area (Å²) in [7, 11) is -3.39. The zero-order valence-corrected chi connectivity index (χ0v) is 14.5. The van der Waals surface area contributed by atoms with Crippen molar-refractivity contribution < 1.29 is 22.3 Å². The predicted molar refractivity (Wildman–Crippen MR) is 88.6 cm³/mol. The van der Waals surface area contributed by atoms with Crippen molar-refractivity contribution in [2.75, 3.05) is 38.6 Å². The van der Waals surface area contributed by atoms with E-state index in [1.165, 1.54) is 16.4 Å². The lowest BCUT2D eigenvalue weighted by Crippen LogP contribution is -2.44. The molecule has 0 spiro atoms. The molecule has 0 aromatic heterocycles. The molecule has 1 aromatic rings. The van der Waals surface area contributed by atoms with Crippen LogP contribution < -0.4 is 5.32 Å². The Morgan fingerprint density at radius 1 is 1.29 bits per heavy atom. The fourth-order valence-electron chi connectivity index (χ4n) is 2.65. The molecule has 1 heterocycles. The molecular weight excluding hydrogens is 335 g/mol. The van der Waals surface area contributed by atoms with E-state index in [-0.39, 0.29) is 24.0 Å². The smallest absolute Gasteiger partial charge is 0.227 e. The van der Waals surface area contributed by atoms with E-state index >= 15 is 0 Å². The molecule has 1 aromatic carbocycles. The van der Waals surface area contributed by atoms with Crippen LogP contribution in [-0.2, 0) is 19.6 Å². The van der Waals surface area contributed by atoms with E-state index in [1.807, 2.05) is 6.92 Å². The molecule has 2 rings (SSSR count). The van der Waals surface area contributed by atoms with Gasteiger partial charge in [0.2, 0.25) is 15.9 Å². The molecule has 1 aliphatic rings. The molecule has 1 saturated heterocycles. The Morgan fingerprint density at radius 2 is 1.92 bits per heavy atom. The molecular formula is C16H23FN2O4S. The highest BCUT2D eigenvalue weighted by Gasteiger charge is 2.25. The van der Waals surface area contributed by atoms with Crippen molar-refractivity contribution in [1.82, 2.24) is 9.62 Å². The molecule has 1 unspecified atom stereocenters. The fourth-order valence-corrected chi connectivity index (χ4v) is 3.97. The molecule has 1 amide bonds. The lowest BCUT2D eigenvalue weighted by Gasteiger charge is -2.26. The first-order chi connectivity index (χ1) is 11.4. The van der Waals surface area contributed by atoms with Crippen molar-refractivity contribution in [3.63, 3.8) is 0 Å². The summed E-state index contributed by atoms with van der Waals surface area (Å²) in [5, 5.41) is 2.67. The Hall–Kier alpha value is -1.51. The Balaban J connectivity index is 1.88. The maximum absolute atomic E-state index is 13.0. The number of carbonyl (C=O) groups is 1. The molecule has 1 N–H and O–H groups in total. The van der Waals surface area contributed by atoms with Crippen LogP contribution in [0.1, 0.15) is 24.8 Å². The highest BCUT2D eigenvalue weighted by Crippen LogP contribution is 2.20. The molecule has 134 valence electrons. The first-order valence-corrected chi connectivity index (χ1v) is 9.63. The molecule has 0 bridgehead atoms. The first-order valence-electron chi connectivity index (χ1n) is 8.03. The van der Waals surface area contributed by atoms with E-state index in [0.29, 0.717) is 38.3 Å². The van der Waals surface area contributed by atoms with Gasteiger partial charge in [-0.2, -0.15) is 4.31 Å². The number of carbonyl (C=O) groups excluding carboxylic acids is 1. The second-order valence-electron chi connectivity index (χ2n) is 5.63. The van der Waals surface area contributed by atoms with Crippen molar-refractivity contribution in [3.05, 3.63) is 35.6 Å². The van der Waals surface area contributed by atoms with Crippen LogP contribution in [0.15, 0.2) is 24.3 Å². The second kappa shape index (κ2) is 8.55. The second-order valence-corrected chi connectivity index (χ2v) is 7.72. The SMILES string of the molecule is CCC(C(=O)NCCS(=O)(=O)N1CCOCC1)c1ccc(F)cc1. The van der Waals surface area contributed by atoms with Gasteiger partial charge in [-0.3, -0.25) is 4.79 Å². The van der Waals surface area contributed by atoms with Crippen LogP contribution in [0.5, 0.6) is 0 Å². The zero-order valence-electron chi connectivity index (χ0n) is 13.7. The summed E-state index contributed by atoms with van der Waals surface area (Å²) in [4.78, 5) is 12.3. The van der Waals surface area contributed by atoms with Crippen LogP contribution >= 0.6 is 0 Å². The molecule has 0 aliphatic carbocycles. The maximum atomic E-state index is 13.0. The molecule has 6 nitrogen and oxygen atoms in total. The number of hydrogen-bond donors (Lipinski definition) is 1. The number of halogens is 1. The van der Waals surface area contributed by atoms with Crippen LogP contribution in [0.2, 0.25) is 0 Å². The van der Waals surface area contributed by atoms with Crippen LogP contribution in [0.4, 0.5) is 4.39 Å². The average molecular weight is 358 g/mol. The Morgan fingerprint density at radius 3 is 2.50 bits per heavy atom. The maximum Gasteiger partial charge on any atom is 0.227 e. The molecule has 0 saturated carbocycles. The topological polar surface area (TPSA) is 75.7 Å². The minimum absolute atomic E-state index is 0.0518. The van der Waals surface area contributed by atoms with Crippen molar-refractivity contribution in [2.24, 2.45) is 0 Å². The quantitative estimate of drug-likeness (QED) is 0.792. The van der Waals surface area contributed by atoms with Gasteiger partial charge in [-0.05, 0) is 24.1 Å². The largest absolute Gasteiger partial charge is 0.379 e. The Kier molecular flexibility index (Phi) is 6.70. The first kappa shape index (κ1) is 18.8. The van der Waals surface area contributed by atoms with Crippen LogP contribution in [0.3, 0.4) is 0 Å². The summed E-state index contributed by atoms with van der Waals surface area (Å²) in [6.45, 7) is 3.41. The normalized spacial score (nSPS) is 17.4. The number of ether oxygens (including phenoxy) is 1. The number of hydrogen-bond acceptors (Lipinski definition) is 4. The summed E-state index contributed by atoms with van der Waals surface area (Å²) in [5.74, 6) is -1.16. The number of sulfonamides is 1. The van der Waals surface area contributed by atoms with E-state index in [4.69, 9.17) is 4.74 Å². The van der Waals surface area contributed by atoms with Crippen LogP contribution in [-0.4, -0.2) is 57.2 Å². The number of amides is 1. The summed E-state index contributed by atoms with van der Waals surface area (Å²) in [5.41, 5.74) is 0.715. The number of morpholine rings is 1. The highest BCUT2D eigenvalue weighted by molar-refractivity contribution is 7.89. The van der Waals surface area contributed by atoms with E-state index < -0.39 is 15.9 Å². The van der Waals surface area contributed by atoms with Gasteiger partial charge < -0.3 is 10.1 Å². The lowest BCUT2D eigenvalue weighted by molar-refractivity contribution is -0.122. The number of nitrogens with zero attached hydrogens (tertiary/aromatic N) is 1. The summed E-state index contributed by atoms with van der Waals surface area (Å²) >= 11 is 0. The summed E-state index contributed by atoms with van der Waals surface area (Å²) < 4.78 is 43.9. The number of rotatable bonds is 7. The number of nitrogens with one attached hydrogen (secondary N) is 1. The van der Waals surface area contributed by atoms with E-state index in [0.717, 1.165) is 0 Å². The van der Waals surface area contributed by atoms with Gasteiger partial charge in [0, 0.05) is 19.6 Å². The van der Waals surface area contributed by atoms with Gasteiger partial charge in [-0.25, -0.2) is 12.8 Å². The van der Waals surface area contributed by atoms with Crippen molar-refractivity contribution >= 4 is 15.9 Å². The molecule has 24 heavy (non-hydrogen) atoms. The minimum atomic E-state index is -3.39. The monoisotopic (exact) mass is 358 g/mol. The van der Waals surface area contributed by atoms with Crippen LogP contribution in [0.25, 0.3) is 0 Å². The highest BCUT2D eigenvalue weighted by atomic mass is 32.2. The Bertz CT molecular complexity index is 643. The van der Waals surface area contributed by atoms with Gasteiger partial charge in [0.05, 0.1) is 24.9 Å². The van der Waals surface area contributed by atoms with E-state index in [2.05, 4.69) is 5.32 Å². The van der Waals surface area contributed by atoms with Crippen molar-refractivity contribution in [2.45, 2.75) is 19.3 Å². The third kappa shape index (κ3) is 4.99. The van der Waals surface area contributed by atoms with E-state index in [9.17, 15) is 17.6 Å². The molecule has 1 fully saturated rings. The third-order valence-electron chi connectivity index (χ3n) is 4.02. The van der Waals surface area contributed by atoms with Crippen LogP contribution in [0, 0.1) is 5.82 Å². The van der Waals surface area contributed by atoms with Crippen molar-refractivity contribution in [1.29, 1.82) is 0 Å². The lowest BCUT2D eigenvalue weighted by atomic mass is 9.95. The third-order valence-corrected chi connectivity index (χ3v) is 5.89. The molecule has 1 aliphatic heterocycles. The number of benzene rings is 1. The van der Waals surface area contributed by atoms with Gasteiger partial charge >= 0.3 is 0 Å². The van der Waals surface area contributed by atoms with Gasteiger partial charge in [0.25, 0.3) is 0 Å². The standard InChI is InChI=1S/C16H23FN2O4S/c1-2-15(13-3-5-14(17)6-4-13)16(20)18-7-12-24(21,22)19-8-10-23-11-9-19/h3-6,15H,2,7-12H2,1H3,(H,18,20). The predicted octanol–water partition coefficient (Wildman–Crippen LogP) is 1.10. The average Bonchev–Trinajstić information content (AvgIpc) is 2.58. The summed E-state index contributed by atoms with van der Waals surface area (Å²) in [6.07, 6.45) is 0.549. The molecule has 8 heteroatoms.